The van der Waals surface area contributed by atoms with Gasteiger partial charge in [-0.2, -0.15) is 17.4 Å². The van der Waals surface area contributed by atoms with E-state index in [1.54, 1.807) is 4.31 Å². The first-order chi connectivity index (χ1) is 10.8. The number of nitrogens with zero attached hydrogens (tertiary/aromatic N) is 2. The van der Waals surface area contributed by atoms with Crippen molar-refractivity contribution in [3.63, 3.8) is 0 Å². The predicted molar refractivity (Wildman–Crippen MR) is 94.4 cm³/mol. The second-order valence-electron chi connectivity index (χ2n) is 6.84. The van der Waals surface area contributed by atoms with Crippen molar-refractivity contribution in [2.75, 3.05) is 27.2 Å². The minimum Gasteiger partial charge on any atom is -0.301 e. The van der Waals surface area contributed by atoms with Gasteiger partial charge in [-0.25, -0.2) is 0 Å². The Bertz CT molecular complexity index is 589. The van der Waals surface area contributed by atoms with Gasteiger partial charge in [0.2, 0.25) is 0 Å². The second-order valence-corrected chi connectivity index (χ2v) is 8.54. The first-order valence-corrected chi connectivity index (χ1v) is 9.74. The summed E-state index contributed by atoms with van der Waals surface area (Å²) in [5.41, 5.74) is 1.11. The van der Waals surface area contributed by atoms with Crippen LogP contribution in [0.25, 0.3) is 0 Å². The van der Waals surface area contributed by atoms with Crippen molar-refractivity contribution in [2.24, 2.45) is 5.92 Å². The molecule has 1 aromatic rings. The topological polar surface area (TPSA) is 52.7 Å². The zero-order chi connectivity index (χ0) is 17.0. The van der Waals surface area contributed by atoms with Gasteiger partial charge in [0, 0.05) is 19.1 Å². The van der Waals surface area contributed by atoms with E-state index in [1.807, 2.05) is 51.4 Å². The third-order valence-electron chi connectivity index (χ3n) is 4.47. The zero-order valence-electron chi connectivity index (χ0n) is 14.6. The predicted octanol–water partition coefficient (Wildman–Crippen LogP) is 2.24. The number of likely N-dealkylation sites (N-methyl/N-ethyl adjacent to an activating group) is 1. The first-order valence-electron chi connectivity index (χ1n) is 8.30. The van der Waals surface area contributed by atoms with E-state index in [9.17, 15) is 8.42 Å². The van der Waals surface area contributed by atoms with Crippen LogP contribution >= 0.6 is 0 Å². The smallest absolute Gasteiger partial charge is 0.279 e. The number of nitrogens with one attached hydrogen (secondary N) is 1. The van der Waals surface area contributed by atoms with Crippen molar-refractivity contribution in [1.29, 1.82) is 0 Å². The Morgan fingerprint density at radius 1 is 1.26 bits per heavy atom. The van der Waals surface area contributed by atoms with Gasteiger partial charge in [-0.1, -0.05) is 37.3 Å². The highest BCUT2D eigenvalue weighted by molar-refractivity contribution is 7.87. The van der Waals surface area contributed by atoms with Crippen LogP contribution in [0.2, 0.25) is 0 Å². The number of rotatable bonds is 6. The van der Waals surface area contributed by atoms with Gasteiger partial charge in [0.1, 0.15) is 0 Å². The van der Waals surface area contributed by atoms with Gasteiger partial charge in [0.15, 0.2) is 0 Å². The molecule has 6 heteroatoms. The van der Waals surface area contributed by atoms with E-state index in [1.165, 1.54) is 0 Å². The molecule has 5 nitrogen and oxygen atoms in total. The molecule has 0 spiro atoms. The Labute approximate surface area is 140 Å². The lowest BCUT2D eigenvalue weighted by Crippen LogP contribution is -2.50. The van der Waals surface area contributed by atoms with E-state index in [2.05, 4.69) is 16.5 Å². The summed E-state index contributed by atoms with van der Waals surface area (Å²) >= 11 is 0. The van der Waals surface area contributed by atoms with Crippen LogP contribution in [0.4, 0.5) is 0 Å². The Morgan fingerprint density at radius 2 is 1.91 bits per heavy atom. The van der Waals surface area contributed by atoms with Crippen LogP contribution < -0.4 is 4.72 Å². The molecule has 2 rings (SSSR count). The molecule has 0 aliphatic carbocycles. The van der Waals surface area contributed by atoms with Crippen LogP contribution in [0, 0.1) is 5.92 Å². The molecule has 1 saturated heterocycles. The summed E-state index contributed by atoms with van der Waals surface area (Å²) in [6, 6.07) is 9.80. The van der Waals surface area contributed by atoms with Crippen molar-refractivity contribution < 1.29 is 8.42 Å². The summed E-state index contributed by atoms with van der Waals surface area (Å²) in [5.74, 6) is 0.425. The van der Waals surface area contributed by atoms with Crippen molar-refractivity contribution >= 4 is 10.2 Å². The molecule has 1 heterocycles. The summed E-state index contributed by atoms with van der Waals surface area (Å²) in [7, 11) is 0.510. The second kappa shape index (κ2) is 7.75. The normalized spacial score (nSPS) is 22.9. The molecule has 23 heavy (non-hydrogen) atoms. The summed E-state index contributed by atoms with van der Waals surface area (Å²) < 4.78 is 29.9. The summed E-state index contributed by atoms with van der Waals surface area (Å²) in [6.45, 7) is 5.27. The van der Waals surface area contributed by atoms with Crippen LogP contribution in [-0.4, -0.2) is 50.8 Å². The fraction of sp³-hybridized carbons (Fsp3) is 0.647. The summed E-state index contributed by atoms with van der Waals surface area (Å²) in [5, 5.41) is 0. The van der Waals surface area contributed by atoms with Crippen molar-refractivity contribution in [2.45, 2.75) is 38.8 Å². The molecule has 0 radical (unpaired) electrons. The molecule has 1 fully saturated rings. The summed E-state index contributed by atoms with van der Waals surface area (Å²) in [6.07, 6.45) is 2.04. The van der Waals surface area contributed by atoms with Gasteiger partial charge >= 0.3 is 0 Å². The molecule has 130 valence electrons. The van der Waals surface area contributed by atoms with E-state index in [-0.39, 0.29) is 12.1 Å². The maximum absolute atomic E-state index is 12.7. The molecule has 3 atom stereocenters. The Hall–Kier alpha value is -0.950. The van der Waals surface area contributed by atoms with Gasteiger partial charge in [0.25, 0.3) is 10.2 Å². The highest BCUT2D eigenvalue weighted by Crippen LogP contribution is 2.24. The maximum Gasteiger partial charge on any atom is 0.279 e. The van der Waals surface area contributed by atoms with Crippen LogP contribution in [0.5, 0.6) is 0 Å². The third-order valence-corrected chi connectivity index (χ3v) is 6.15. The summed E-state index contributed by atoms with van der Waals surface area (Å²) in [4.78, 5) is 2.06. The van der Waals surface area contributed by atoms with Crippen molar-refractivity contribution in [3.8, 4) is 0 Å². The number of hydrogen-bond acceptors (Lipinski definition) is 3. The van der Waals surface area contributed by atoms with Gasteiger partial charge in [-0.15, -0.1) is 0 Å². The van der Waals surface area contributed by atoms with E-state index in [0.29, 0.717) is 19.0 Å². The van der Waals surface area contributed by atoms with Crippen LogP contribution in [-0.2, 0) is 10.2 Å². The number of piperidine rings is 1. The van der Waals surface area contributed by atoms with Gasteiger partial charge in [0.05, 0.1) is 6.04 Å². The van der Waals surface area contributed by atoms with E-state index >= 15 is 0 Å². The lowest BCUT2D eigenvalue weighted by molar-refractivity contribution is 0.245. The molecule has 0 saturated carbocycles. The standard InChI is InChI=1S/C17H29N3O2S/c1-14-9-8-12-20(13-14)23(21,22)18-15(2)17(19(3)4)16-10-6-5-7-11-16/h5-7,10-11,14-15,17-18H,8-9,12-13H2,1-4H3/t14-,15+,17+/m1/s1. The average molecular weight is 340 g/mol. The largest absolute Gasteiger partial charge is 0.301 e. The van der Waals surface area contributed by atoms with E-state index in [0.717, 1.165) is 18.4 Å². The third kappa shape index (κ3) is 4.76. The highest BCUT2D eigenvalue weighted by atomic mass is 32.2. The average Bonchev–Trinajstić information content (AvgIpc) is 2.47. The first kappa shape index (κ1) is 18.4. The minimum atomic E-state index is -3.45. The van der Waals surface area contributed by atoms with Crippen molar-refractivity contribution in [1.82, 2.24) is 13.9 Å². The monoisotopic (exact) mass is 339 g/mol. The molecule has 0 aromatic heterocycles. The highest BCUT2D eigenvalue weighted by Gasteiger charge is 2.31. The molecule has 0 amide bonds. The molecule has 1 aromatic carbocycles. The van der Waals surface area contributed by atoms with Crippen LogP contribution in [0.3, 0.4) is 0 Å². The Morgan fingerprint density at radius 3 is 2.48 bits per heavy atom. The molecular formula is C17H29N3O2S. The molecule has 1 aliphatic heterocycles. The quantitative estimate of drug-likeness (QED) is 0.865. The molecule has 1 N–H and O–H groups in total. The lowest BCUT2D eigenvalue weighted by Gasteiger charge is -2.35. The Balaban J connectivity index is 2.13. The maximum atomic E-state index is 12.7. The van der Waals surface area contributed by atoms with E-state index < -0.39 is 10.2 Å². The fourth-order valence-electron chi connectivity index (χ4n) is 3.42. The SMILES string of the molecule is C[C@@H]1CCCN(S(=O)(=O)N[C@@H](C)[C@@H](c2ccccc2)N(C)C)C1. The fourth-order valence-corrected chi connectivity index (χ4v) is 4.99. The van der Waals surface area contributed by atoms with Gasteiger partial charge in [-0.05, 0) is 45.3 Å². The van der Waals surface area contributed by atoms with Crippen molar-refractivity contribution in [3.05, 3.63) is 35.9 Å². The van der Waals surface area contributed by atoms with E-state index in [4.69, 9.17) is 0 Å². The van der Waals surface area contributed by atoms with Gasteiger partial charge in [-0.3, -0.25) is 0 Å². The molecule has 0 bridgehead atoms. The molecule has 0 unspecified atom stereocenters. The molecular weight excluding hydrogens is 310 g/mol. The van der Waals surface area contributed by atoms with Crippen LogP contribution in [0.15, 0.2) is 30.3 Å². The van der Waals surface area contributed by atoms with Gasteiger partial charge < -0.3 is 4.90 Å². The Kier molecular flexibility index (Phi) is 6.19. The number of benzene rings is 1. The lowest BCUT2D eigenvalue weighted by atomic mass is 10.0. The minimum absolute atomic E-state index is 0.00631. The number of hydrogen-bond donors (Lipinski definition) is 1. The van der Waals surface area contributed by atoms with Crippen LogP contribution in [0.1, 0.15) is 38.3 Å². The molecule has 1 aliphatic rings. The zero-order valence-corrected chi connectivity index (χ0v) is 15.4.